The van der Waals surface area contributed by atoms with Gasteiger partial charge in [-0.1, -0.05) is 15.3 Å². The van der Waals surface area contributed by atoms with Crippen molar-refractivity contribution in [1.82, 2.24) is 20.2 Å². The summed E-state index contributed by atoms with van der Waals surface area (Å²) in [6.45, 7) is 10.8. The number of hydrogen-bond donors (Lipinski definition) is 2. The summed E-state index contributed by atoms with van der Waals surface area (Å²) in [6.07, 6.45) is 4.53. The molecule has 0 aliphatic heterocycles. The topological polar surface area (TPSA) is 144 Å². The van der Waals surface area contributed by atoms with Crippen molar-refractivity contribution in [1.29, 1.82) is 0 Å². The van der Waals surface area contributed by atoms with Gasteiger partial charge >= 0.3 is 5.95 Å². The SMILES string of the molecule is CC(N=O)C(C)(C)NCCCCNC(C)(C)C(Cn1ccnc1[N+](=O)[O-])N=O. The number of unbranched alkanes of at least 4 members (excludes halogenated alkanes) is 1. The van der Waals surface area contributed by atoms with Crippen molar-refractivity contribution in [3.05, 3.63) is 32.3 Å². The fourth-order valence-electron chi connectivity index (χ4n) is 2.66. The van der Waals surface area contributed by atoms with Crippen LogP contribution in [-0.2, 0) is 6.54 Å². The molecule has 0 aromatic carbocycles. The fraction of sp³-hybridized carbons (Fsp3) is 0.824. The summed E-state index contributed by atoms with van der Waals surface area (Å²) in [5.41, 5.74) is -0.997. The molecule has 2 unspecified atom stereocenters. The number of nitroso groups, excluding NO2 is 2. The Morgan fingerprint density at radius 1 is 1.14 bits per heavy atom. The van der Waals surface area contributed by atoms with E-state index in [1.165, 1.54) is 17.0 Å². The van der Waals surface area contributed by atoms with Gasteiger partial charge in [0.05, 0.1) is 6.54 Å². The number of rotatable bonds is 14. The van der Waals surface area contributed by atoms with Crippen molar-refractivity contribution < 1.29 is 4.92 Å². The highest BCUT2D eigenvalue weighted by molar-refractivity contribution is 5.08. The Kier molecular flexibility index (Phi) is 8.76. The van der Waals surface area contributed by atoms with Crippen LogP contribution in [0.25, 0.3) is 0 Å². The molecule has 1 rings (SSSR count). The molecule has 0 saturated heterocycles. The predicted octanol–water partition coefficient (Wildman–Crippen LogP) is 2.60. The monoisotopic (exact) mass is 397 g/mol. The number of nitrogens with zero attached hydrogens (tertiary/aromatic N) is 5. The maximum Gasteiger partial charge on any atom is 0.434 e. The molecule has 11 nitrogen and oxygen atoms in total. The third-order valence-electron chi connectivity index (χ3n) is 5.15. The number of aromatic nitrogens is 2. The van der Waals surface area contributed by atoms with E-state index in [-0.39, 0.29) is 24.1 Å². The highest BCUT2D eigenvalue weighted by atomic mass is 16.6. The minimum absolute atomic E-state index is 0.0755. The molecule has 0 amide bonds. The van der Waals surface area contributed by atoms with E-state index in [2.05, 4.69) is 26.0 Å². The van der Waals surface area contributed by atoms with E-state index in [0.29, 0.717) is 6.54 Å². The van der Waals surface area contributed by atoms with Crippen LogP contribution < -0.4 is 10.6 Å². The lowest BCUT2D eigenvalue weighted by molar-refractivity contribution is -0.396. The smallest absolute Gasteiger partial charge is 0.390 e. The second-order valence-electron chi connectivity index (χ2n) is 8.04. The van der Waals surface area contributed by atoms with Gasteiger partial charge in [-0.15, -0.1) is 0 Å². The minimum Gasteiger partial charge on any atom is -0.390 e. The largest absolute Gasteiger partial charge is 0.434 e. The molecule has 2 N–H and O–H groups in total. The predicted molar refractivity (Wildman–Crippen MR) is 107 cm³/mol. The summed E-state index contributed by atoms with van der Waals surface area (Å²) in [5.74, 6) is -0.308. The maximum absolute atomic E-state index is 11.4. The molecular weight excluding hydrogens is 366 g/mol. The van der Waals surface area contributed by atoms with Gasteiger partial charge in [0.15, 0.2) is 0 Å². The van der Waals surface area contributed by atoms with Gasteiger partial charge in [-0.2, -0.15) is 9.81 Å². The molecule has 0 aliphatic rings. The third-order valence-corrected chi connectivity index (χ3v) is 5.15. The van der Waals surface area contributed by atoms with Gasteiger partial charge in [0.2, 0.25) is 0 Å². The lowest BCUT2D eigenvalue weighted by Crippen LogP contribution is -2.51. The van der Waals surface area contributed by atoms with E-state index in [9.17, 15) is 19.9 Å². The minimum atomic E-state index is -0.697. The summed E-state index contributed by atoms with van der Waals surface area (Å²) in [4.78, 5) is 36.1. The Morgan fingerprint density at radius 2 is 1.71 bits per heavy atom. The van der Waals surface area contributed by atoms with Gasteiger partial charge in [-0.3, -0.25) is 0 Å². The maximum atomic E-state index is 11.4. The first-order valence-electron chi connectivity index (χ1n) is 9.35. The van der Waals surface area contributed by atoms with Crippen LogP contribution in [0.1, 0.15) is 47.5 Å². The van der Waals surface area contributed by atoms with Crippen LogP contribution in [0.3, 0.4) is 0 Å². The van der Waals surface area contributed by atoms with Crippen LogP contribution in [0.5, 0.6) is 0 Å². The average molecular weight is 397 g/mol. The van der Waals surface area contributed by atoms with E-state index < -0.39 is 16.5 Å². The van der Waals surface area contributed by atoms with Crippen molar-refractivity contribution in [2.45, 2.75) is 77.2 Å². The molecule has 11 heteroatoms. The second kappa shape index (κ2) is 10.3. The molecule has 2 atom stereocenters. The van der Waals surface area contributed by atoms with Gasteiger partial charge in [0, 0.05) is 11.1 Å². The van der Waals surface area contributed by atoms with Crippen LogP contribution in [0.15, 0.2) is 22.7 Å². The first-order chi connectivity index (χ1) is 13.0. The van der Waals surface area contributed by atoms with Crippen molar-refractivity contribution >= 4 is 5.95 Å². The van der Waals surface area contributed by atoms with E-state index in [0.717, 1.165) is 19.4 Å². The Balaban J connectivity index is 2.47. The number of hydrogen-bond acceptors (Lipinski definition) is 9. The lowest BCUT2D eigenvalue weighted by atomic mass is 9.94. The number of nitro groups is 1. The molecule has 0 spiro atoms. The summed E-state index contributed by atoms with van der Waals surface area (Å²) in [6, 6.07) is -1.02. The highest BCUT2D eigenvalue weighted by Gasteiger charge is 2.33. The van der Waals surface area contributed by atoms with Crippen molar-refractivity contribution in [3.8, 4) is 0 Å². The molecule has 0 radical (unpaired) electrons. The normalized spacial score (nSPS) is 14.5. The second-order valence-corrected chi connectivity index (χ2v) is 8.04. The molecule has 0 fully saturated rings. The zero-order chi connectivity index (χ0) is 21.4. The molecule has 1 heterocycles. The molecule has 1 aromatic heterocycles. The van der Waals surface area contributed by atoms with Crippen molar-refractivity contribution in [2.75, 3.05) is 13.1 Å². The van der Waals surface area contributed by atoms with Gasteiger partial charge in [-0.05, 0) is 65.5 Å². The van der Waals surface area contributed by atoms with Gasteiger partial charge in [0.1, 0.15) is 24.5 Å². The molecular formula is C17H31N7O4. The molecule has 1 aromatic rings. The van der Waals surface area contributed by atoms with E-state index in [4.69, 9.17) is 0 Å². The highest BCUT2D eigenvalue weighted by Crippen LogP contribution is 2.18. The van der Waals surface area contributed by atoms with Crippen molar-refractivity contribution in [2.24, 2.45) is 10.4 Å². The van der Waals surface area contributed by atoms with Crippen molar-refractivity contribution in [3.63, 3.8) is 0 Å². The summed E-state index contributed by atoms with van der Waals surface area (Å²) < 4.78 is 1.32. The molecule has 0 saturated carbocycles. The fourth-order valence-corrected chi connectivity index (χ4v) is 2.66. The Labute approximate surface area is 164 Å². The Bertz CT molecular complexity index is 660. The Morgan fingerprint density at radius 3 is 2.21 bits per heavy atom. The van der Waals surface area contributed by atoms with Gasteiger partial charge < -0.3 is 20.7 Å². The summed E-state index contributed by atoms with van der Waals surface area (Å²) >= 11 is 0. The molecule has 28 heavy (non-hydrogen) atoms. The summed E-state index contributed by atoms with van der Waals surface area (Å²) in [7, 11) is 0. The molecule has 158 valence electrons. The average Bonchev–Trinajstić information content (AvgIpc) is 3.10. The molecule has 0 aliphatic carbocycles. The summed E-state index contributed by atoms with van der Waals surface area (Å²) in [5, 5.41) is 23.9. The van der Waals surface area contributed by atoms with Crippen LogP contribution in [0.4, 0.5) is 5.95 Å². The van der Waals surface area contributed by atoms with Gasteiger partial charge in [-0.25, -0.2) is 4.57 Å². The zero-order valence-electron chi connectivity index (χ0n) is 17.2. The standard InChI is InChI=1S/C17H31N7O4/c1-13(21-25)16(2,3)19-8-6-7-9-20-17(4,5)14(22-26)12-23-11-10-18-15(23)24(27)28/h10-11,13-14,19-20H,6-9,12H2,1-5H3. The zero-order valence-corrected chi connectivity index (χ0v) is 17.2. The van der Waals surface area contributed by atoms with Gasteiger partial charge in [0.25, 0.3) is 0 Å². The van der Waals surface area contributed by atoms with E-state index >= 15 is 0 Å². The van der Waals surface area contributed by atoms with Crippen LogP contribution >= 0.6 is 0 Å². The Hall–Kier alpha value is -2.27. The van der Waals surface area contributed by atoms with Crippen LogP contribution in [-0.4, -0.2) is 50.7 Å². The lowest BCUT2D eigenvalue weighted by Gasteiger charge is -2.31. The van der Waals surface area contributed by atoms with E-state index in [1.54, 1.807) is 6.92 Å². The molecule has 0 bridgehead atoms. The first kappa shape index (κ1) is 23.8. The quantitative estimate of drug-likeness (QED) is 0.212. The first-order valence-corrected chi connectivity index (χ1v) is 9.35. The van der Waals surface area contributed by atoms with Crippen LogP contribution in [0.2, 0.25) is 0 Å². The third kappa shape index (κ3) is 6.71. The number of imidazole rings is 1. The van der Waals surface area contributed by atoms with Crippen LogP contribution in [0, 0.1) is 19.9 Å². The van der Waals surface area contributed by atoms with E-state index in [1.807, 2.05) is 27.7 Å². The number of nitrogens with one attached hydrogen (secondary N) is 2.